The highest BCUT2D eigenvalue weighted by atomic mass is 79.9. The van der Waals surface area contributed by atoms with Crippen molar-refractivity contribution in [3.05, 3.63) is 59.3 Å². The highest BCUT2D eigenvalue weighted by molar-refractivity contribution is 9.10. The van der Waals surface area contributed by atoms with Gasteiger partial charge in [0.15, 0.2) is 5.82 Å². The number of fused-ring (bicyclic) bond motifs is 1. The summed E-state index contributed by atoms with van der Waals surface area (Å²) in [6, 6.07) is 13.7. The van der Waals surface area contributed by atoms with Gasteiger partial charge in [-0.25, -0.2) is 13.9 Å². The van der Waals surface area contributed by atoms with Crippen LogP contribution in [0, 0.1) is 0 Å². The number of benzene rings is 2. The second-order valence-electron chi connectivity index (χ2n) is 6.39. The number of rotatable bonds is 5. The van der Waals surface area contributed by atoms with Crippen LogP contribution in [0.4, 0.5) is 0 Å². The van der Waals surface area contributed by atoms with Crippen LogP contribution in [-0.4, -0.2) is 58.4 Å². The molecule has 0 N–H and O–H groups in total. The van der Waals surface area contributed by atoms with Crippen molar-refractivity contribution in [2.75, 3.05) is 14.1 Å². The van der Waals surface area contributed by atoms with Crippen LogP contribution in [0.25, 0.3) is 22.4 Å². The van der Waals surface area contributed by atoms with Gasteiger partial charge in [0.2, 0.25) is 0 Å². The molecular weight excluding hydrogens is 496 g/mol. The Morgan fingerprint density at radius 1 is 1.00 bits per heavy atom. The molecule has 2 aromatic carbocycles. The lowest BCUT2D eigenvalue weighted by molar-refractivity contribution is 0.502. The highest BCUT2D eigenvalue weighted by Crippen LogP contribution is 2.30. The van der Waals surface area contributed by atoms with E-state index in [9.17, 15) is 16.8 Å². The zero-order valence-electron chi connectivity index (χ0n) is 15.7. The molecule has 0 spiro atoms. The van der Waals surface area contributed by atoms with Crippen molar-refractivity contribution in [2.45, 2.75) is 5.16 Å². The van der Waals surface area contributed by atoms with Gasteiger partial charge in [0.05, 0.1) is 11.0 Å². The summed E-state index contributed by atoms with van der Waals surface area (Å²) in [5, 5.41) is 3.06. The normalized spacial score (nSPS) is 12.7. The molecule has 0 amide bonds. The molecular formula is C17H15BrN6O4S2. The Labute approximate surface area is 181 Å². The molecule has 0 aliphatic heterocycles. The van der Waals surface area contributed by atoms with Crippen LogP contribution in [0.2, 0.25) is 0 Å². The van der Waals surface area contributed by atoms with Crippen molar-refractivity contribution in [2.24, 2.45) is 0 Å². The summed E-state index contributed by atoms with van der Waals surface area (Å²) in [7, 11) is -5.77. The van der Waals surface area contributed by atoms with Gasteiger partial charge in [0, 0.05) is 24.1 Å². The second kappa shape index (κ2) is 7.27. The van der Waals surface area contributed by atoms with Crippen molar-refractivity contribution >= 4 is 47.2 Å². The first-order valence-corrected chi connectivity index (χ1v) is 12.1. The van der Waals surface area contributed by atoms with E-state index in [-0.39, 0.29) is 5.82 Å². The fourth-order valence-corrected chi connectivity index (χ4v) is 5.22. The maximum Gasteiger partial charge on any atom is 0.323 e. The molecule has 2 heterocycles. The zero-order chi connectivity index (χ0) is 21.7. The van der Waals surface area contributed by atoms with Gasteiger partial charge in [-0.15, -0.1) is 9.19 Å². The third kappa shape index (κ3) is 3.33. The van der Waals surface area contributed by atoms with Crippen molar-refractivity contribution in [3.8, 4) is 11.4 Å². The lowest BCUT2D eigenvalue weighted by atomic mass is 10.2. The Balaban J connectivity index is 1.97. The van der Waals surface area contributed by atoms with Gasteiger partial charge in [-0.1, -0.05) is 40.2 Å². The number of imidazole rings is 1. The first kappa shape index (κ1) is 20.7. The maximum absolute atomic E-state index is 13.5. The molecule has 0 bridgehead atoms. The molecule has 0 unspecified atom stereocenters. The first-order valence-electron chi connectivity index (χ1n) is 8.46. The van der Waals surface area contributed by atoms with Crippen LogP contribution in [0.15, 0.2) is 64.5 Å². The average molecular weight is 511 g/mol. The topological polar surface area (TPSA) is 120 Å². The van der Waals surface area contributed by atoms with Crippen molar-refractivity contribution in [3.63, 3.8) is 0 Å². The minimum Gasteiger partial charge on any atom is -0.227 e. The van der Waals surface area contributed by atoms with Crippen molar-refractivity contribution < 1.29 is 16.8 Å². The van der Waals surface area contributed by atoms with Gasteiger partial charge in [0.1, 0.15) is 6.33 Å². The van der Waals surface area contributed by atoms with Gasteiger partial charge in [-0.3, -0.25) is 0 Å². The highest BCUT2D eigenvalue weighted by Gasteiger charge is 2.30. The molecule has 156 valence electrons. The molecule has 4 rings (SSSR count). The number of halogens is 1. The average Bonchev–Trinajstić information content (AvgIpc) is 3.34. The minimum atomic E-state index is -4.37. The molecule has 0 saturated heterocycles. The number of hydrogen-bond donors (Lipinski definition) is 0. The molecule has 0 radical (unpaired) electrons. The molecule has 4 aromatic rings. The summed E-state index contributed by atoms with van der Waals surface area (Å²) in [6.45, 7) is 0. The minimum absolute atomic E-state index is 0.157. The molecule has 10 nitrogen and oxygen atoms in total. The van der Waals surface area contributed by atoms with Crippen LogP contribution in [-0.2, 0) is 20.2 Å². The number of para-hydroxylation sites is 2. The Morgan fingerprint density at radius 3 is 2.43 bits per heavy atom. The van der Waals surface area contributed by atoms with Crippen molar-refractivity contribution in [1.29, 1.82) is 0 Å². The predicted octanol–water partition coefficient (Wildman–Crippen LogP) is 1.95. The third-order valence-corrected chi connectivity index (χ3v) is 7.79. The van der Waals surface area contributed by atoms with Crippen molar-refractivity contribution in [1.82, 2.24) is 27.4 Å². The monoisotopic (exact) mass is 510 g/mol. The van der Waals surface area contributed by atoms with E-state index >= 15 is 0 Å². The molecule has 0 fully saturated rings. The van der Waals surface area contributed by atoms with Crippen LogP contribution >= 0.6 is 15.9 Å². The van der Waals surface area contributed by atoms with Gasteiger partial charge < -0.3 is 0 Å². The van der Waals surface area contributed by atoms with Gasteiger partial charge in [0.25, 0.3) is 5.16 Å². The Morgan fingerprint density at radius 2 is 1.73 bits per heavy atom. The van der Waals surface area contributed by atoms with E-state index in [1.54, 1.807) is 48.5 Å². The lowest BCUT2D eigenvalue weighted by Crippen LogP contribution is -2.29. The van der Waals surface area contributed by atoms with Crippen LogP contribution in [0.3, 0.4) is 0 Å². The smallest absolute Gasteiger partial charge is 0.227 e. The van der Waals surface area contributed by atoms with Crippen LogP contribution < -0.4 is 0 Å². The number of hydrogen-bond acceptors (Lipinski definition) is 7. The van der Waals surface area contributed by atoms with Crippen LogP contribution in [0.1, 0.15) is 0 Å². The molecule has 13 heteroatoms. The molecule has 30 heavy (non-hydrogen) atoms. The summed E-state index contributed by atoms with van der Waals surface area (Å²) in [4.78, 5) is 8.23. The molecule has 0 atom stereocenters. The summed E-state index contributed by atoms with van der Waals surface area (Å²) < 4.78 is 54.6. The van der Waals surface area contributed by atoms with Gasteiger partial charge in [-0.2, -0.15) is 21.1 Å². The SMILES string of the molecule is CN(C)S(=O)(=O)n1cnc(S(=O)(=O)n2c(-c3cccc(Br)c3)nc3ccccc32)n1. The first-order chi connectivity index (χ1) is 14.1. The lowest BCUT2D eigenvalue weighted by Gasteiger charge is -2.10. The Bertz CT molecular complexity index is 1470. The molecule has 2 aromatic heterocycles. The fraction of sp³-hybridized carbons (Fsp3) is 0.118. The number of nitrogens with zero attached hydrogens (tertiary/aromatic N) is 6. The molecule has 0 saturated carbocycles. The van der Waals surface area contributed by atoms with E-state index in [0.29, 0.717) is 20.7 Å². The van der Waals surface area contributed by atoms with E-state index < -0.39 is 25.4 Å². The number of aromatic nitrogens is 5. The largest absolute Gasteiger partial charge is 0.323 e. The Hall–Kier alpha value is -2.61. The third-order valence-electron chi connectivity index (χ3n) is 4.22. The summed E-state index contributed by atoms with van der Waals surface area (Å²) in [6.07, 6.45) is 0.847. The summed E-state index contributed by atoms with van der Waals surface area (Å²) >= 11 is 3.38. The van der Waals surface area contributed by atoms with E-state index in [0.717, 1.165) is 19.1 Å². The van der Waals surface area contributed by atoms with Gasteiger partial charge >= 0.3 is 20.2 Å². The van der Waals surface area contributed by atoms with Gasteiger partial charge in [-0.05, 0) is 24.3 Å². The van der Waals surface area contributed by atoms with E-state index in [4.69, 9.17) is 0 Å². The van der Waals surface area contributed by atoms with E-state index in [1.807, 2.05) is 0 Å². The second-order valence-corrected chi connectivity index (χ2v) is 11.0. The maximum atomic E-state index is 13.5. The summed E-state index contributed by atoms with van der Waals surface area (Å²) in [5.41, 5.74) is 1.32. The standard InChI is InChI=1S/C17H15BrN6O4S2/c1-22(2)30(27,28)23-11-19-17(21-23)29(25,26)24-15-9-4-3-8-14(15)20-16(24)12-6-5-7-13(18)10-12/h3-11H,1-2H3. The summed E-state index contributed by atoms with van der Waals surface area (Å²) in [5.74, 6) is 0.157. The zero-order valence-corrected chi connectivity index (χ0v) is 18.9. The molecule has 0 aliphatic carbocycles. The molecule has 0 aliphatic rings. The van der Waals surface area contributed by atoms with E-state index in [1.165, 1.54) is 14.1 Å². The fourth-order valence-electron chi connectivity index (χ4n) is 2.77. The van der Waals surface area contributed by atoms with Crippen LogP contribution in [0.5, 0.6) is 0 Å². The van der Waals surface area contributed by atoms with E-state index in [2.05, 4.69) is 31.0 Å². The Kier molecular flexibility index (Phi) is 5.00. The quantitative estimate of drug-likeness (QED) is 0.402. The predicted molar refractivity (Wildman–Crippen MR) is 113 cm³/mol.